The normalized spacial score (nSPS) is 22.7. The van der Waals surface area contributed by atoms with Crippen molar-refractivity contribution in [3.05, 3.63) is 0 Å². The standard InChI is InChI=1S/C14H23N3O/c15-11-13(16-12-6-2-3-7-12)10-14(18)17-8-4-1-5-9-17/h12-13,16H,1-10H2. The van der Waals surface area contributed by atoms with Crippen molar-refractivity contribution < 1.29 is 4.79 Å². The van der Waals surface area contributed by atoms with Gasteiger partial charge in [-0.1, -0.05) is 12.8 Å². The molecule has 1 unspecified atom stereocenters. The molecule has 1 saturated heterocycles. The van der Waals surface area contributed by atoms with Crippen molar-refractivity contribution >= 4 is 5.91 Å². The number of carbonyl (C=O) groups excluding carboxylic acids is 1. The first kappa shape index (κ1) is 13.4. The van der Waals surface area contributed by atoms with Gasteiger partial charge in [-0.2, -0.15) is 5.26 Å². The fourth-order valence-electron chi connectivity index (χ4n) is 2.97. The molecule has 100 valence electrons. The summed E-state index contributed by atoms with van der Waals surface area (Å²) in [6.45, 7) is 1.75. The second-order valence-corrected chi connectivity index (χ2v) is 5.48. The average Bonchev–Trinajstić information content (AvgIpc) is 2.91. The number of piperidine rings is 1. The molecule has 1 atom stereocenters. The van der Waals surface area contributed by atoms with Crippen LogP contribution in [0.4, 0.5) is 0 Å². The van der Waals surface area contributed by atoms with Crippen LogP contribution in [0.1, 0.15) is 51.4 Å². The largest absolute Gasteiger partial charge is 0.343 e. The van der Waals surface area contributed by atoms with Gasteiger partial charge in [0.2, 0.25) is 5.91 Å². The van der Waals surface area contributed by atoms with Gasteiger partial charge >= 0.3 is 0 Å². The van der Waals surface area contributed by atoms with Crippen molar-refractivity contribution in [2.75, 3.05) is 13.1 Å². The van der Waals surface area contributed by atoms with Gasteiger partial charge in [-0.05, 0) is 32.1 Å². The fourth-order valence-corrected chi connectivity index (χ4v) is 2.97. The predicted octanol–water partition coefficient (Wildman–Crippen LogP) is 1.81. The van der Waals surface area contributed by atoms with Gasteiger partial charge in [-0.25, -0.2) is 0 Å². The van der Waals surface area contributed by atoms with Crippen LogP contribution in [0.25, 0.3) is 0 Å². The van der Waals surface area contributed by atoms with Crippen molar-refractivity contribution in [2.24, 2.45) is 0 Å². The van der Waals surface area contributed by atoms with Gasteiger partial charge in [0.15, 0.2) is 0 Å². The molecule has 1 aliphatic heterocycles. The third kappa shape index (κ3) is 3.71. The number of amides is 1. The van der Waals surface area contributed by atoms with Crippen molar-refractivity contribution in [3.8, 4) is 6.07 Å². The number of rotatable bonds is 4. The predicted molar refractivity (Wildman–Crippen MR) is 69.8 cm³/mol. The smallest absolute Gasteiger partial charge is 0.225 e. The second-order valence-electron chi connectivity index (χ2n) is 5.48. The SMILES string of the molecule is N#CC(CC(=O)N1CCCCC1)NC1CCCC1. The van der Waals surface area contributed by atoms with E-state index in [-0.39, 0.29) is 11.9 Å². The summed E-state index contributed by atoms with van der Waals surface area (Å²) in [6, 6.07) is 2.39. The van der Waals surface area contributed by atoms with E-state index in [1.54, 1.807) is 0 Å². The molecule has 0 bridgehead atoms. The summed E-state index contributed by atoms with van der Waals surface area (Å²) in [5.74, 6) is 0.145. The number of nitrogens with one attached hydrogen (secondary N) is 1. The minimum Gasteiger partial charge on any atom is -0.343 e. The lowest BCUT2D eigenvalue weighted by Gasteiger charge is -2.28. The van der Waals surface area contributed by atoms with E-state index in [1.807, 2.05) is 4.90 Å². The summed E-state index contributed by atoms with van der Waals surface area (Å²) in [4.78, 5) is 14.0. The van der Waals surface area contributed by atoms with Gasteiger partial charge in [-0.3, -0.25) is 10.1 Å². The van der Waals surface area contributed by atoms with E-state index >= 15 is 0 Å². The Kier molecular flexibility index (Phi) is 5.00. The molecule has 0 radical (unpaired) electrons. The topological polar surface area (TPSA) is 56.1 Å². The molecule has 1 N–H and O–H groups in total. The molecule has 2 rings (SSSR count). The van der Waals surface area contributed by atoms with Gasteiger partial charge < -0.3 is 4.90 Å². The van der Waals surface area contributed by atoms with Crippen LogP contribution in [-0.2, 0) is 4.79 Å². The lowest BCUT2D eigenvalue weighted by atomic mass is 10.1. The molecule has 0 spiro atoms. The number of carbonyl (C=O) groups is 1. The van der Waals surface area contributed by atoms with E-state index in [4.69, 9.17) is 5.26 Å². The summed E-state index contributed by atoms with van der Waals surface area (Å²) in [7, 11) is 0. The highest BCUT2D eigenvalue weighted by atomic mass is 16.2. The Morgan fingerprint density at radius 2 is 1.89 bits per heavy atom. The van der Waals surface area contributed by atoms with Crippen LogP contribution >= 0.6 is 0 Å². The monoisotopic (exact) mass is 249 g/mol. The number of hydrogen-bond donors (Lipinski definition) is 1. The maximum absolute atomic E-state index is 12.1. The first-order valence-corrected chi connectivity index (χ1v) is 7.23. The third-order valence-corrected chi connectivity index (χ3v) is 4.04. The van der Waals surface area contributed by atoms with E-state index in [1.165, 1.54) is 19.3 Å². The summed E-state index contributed by atoms with van der Waals surface area (Å²) in [6.07, 6.45) is 8.58. The Bertz CT molecular complexity index is 311. The first-order valence-electron chi connectivity index (χ1n) is 7.23. The molecule has 1 aliphatic carbocycles. The summed E-state index contributed by atoms with van der Waals surface area (Å²) in [5.41, 5.74) is 0. The fraction of sp³-hybridized carbons (Fsp3) is 0.857. The van der Waals surface area contributed by atoms with E-state index in [2.05, 4.69) is 11.4 Å². The Morgan fingerprint density at radius 3 is 2.50 bits per heavy atom. The van der Waals surface area contributed by atoms with Crippen LogP contribution in [0.5, 0.6) is 0 Å². The Hall–Kier alpha value is -1.08. The number of nitriles is 1. The van der Waals surface area contributed by atoms with Gasteiger partial charge in [0.25, 0.3) is 0 Å². The van der Waals surface area contributed by atoms with Crippen molar-refractivity contribution in [1.82, 2.24) is 10.2 Å². The van der Waals surface area contributed by atoms with Crippen LogP contribution in [0.3, 0.4) is 0 Å². The molecule has 2 aliphatic rings. The van der Waals surface area contributed by atoms with E-state index in [0.717, 1.165) is 38.8 Å². The number of nitrogens with zero attached hydrogens (tertiary/aromatic N) is 2. The summed E-state index contributed by atoms with van der Waals surface area (Å²) in [5, 5.41) is 12.5. The molecule has 0 aromatic rings. The minimum absolute atomic E-state index is 0.145. The van der Waals surface area contributed by atoms with Gasteiger partial charge in [-0.15, -0.1) is 0 Å². The zero-order chi connectivity index (χ0) is 12.8. The molecule has 1 amide bonds. The van der Waals surface area contributed by atoms with Gasteiger partial charge in [0, 0.05) is 19.1 Å². The molecule has 4 nitrogen and oxygen atoms in total. The zero-order valence-electron chi connectivity index (χ0n) is 11.0. The van der Waals surface area contributed by atoms with E-state index in [0.29, 0.717) is 12.5 Å². The Morgan fingerprint density at radius 1 is 1.22 bits per heavy atom. The summed E-state index contributed by atoms with van der Waals surface area (Å²) >= 11 is 0. The van der Waals surface area contributed by atoms with Crippen LogP contribution in [0.2, 0.25) is 0 Å². The lowest BCUT2D eigenvalue weighted by molar-refractivity contribution is -0.132. The lowest BCUT2D eigenvalue weighted by Crippen LogP contribution is -2.42. The van der Waals surface area contributed by atoms with Crippen LogP contribution in [-0.4, -0.2) is 36.0 Å². The van der Waals surface area contributed by atoms with Crippen LogP contribution in [0, 0.1) is 11.3 Å². The molecule has 18 heavy (non-hydrogen) atoms. The van der Waals surface area contributed by atoms with E-state index < -0.39 is 0 Å². The number of hydrogen-bond acceptors (Lipinski definition) is 3. The van der Waals surface area contributed by atoms with Crippen molar-refractivity contribution in [1.29, 1.82) is 5.26 Å². The minimum atomic E-state index is -0.303. The van der Waals surface area contributed by atoms with Crippen LogP contribution < -0.4 is 5.32 Å². The van der Waals surface area contributed by atoms with Crippen molar-refractivity contribution in [3.63, 3.8) is 0 Å². The highest BCUT2D eigenvalue weighted by Gasteiger charge is 2.23. The Balaban J connectivity index is 1.77. The zero-order valence-corrected chi connectivity index (χ0v) is 11.0. The second kappa shape index (κ2) is 6.75. The molecule has 1 heterocycles. The molecule has 4 heteroatoms. The third-order valence-electron chi connectivity index (χ3n) is 4.04. The molecular formula is C14H23N3O. The maximum atomic E-state index is 12.1. The molecule has 0 aromatic carbocycles. The first-order chi connectivity index (χ1) is 8.79. The maximum Gasteiger partial charge on any atom is 0.225 e. The van der Waals surface area contributed by atoms with Crippen LogP contribution in [0.15, 0.2) is 0 Å². The average molecular weight is 249 g/mol. The molecule has 1 saturated carbocycles. The number of likely N-dealkylation sites (tertiary alicyclic amines) is 1. The van der Waals surface area contributed by atoms with Gasteiger partial charge in [0.1, 0.15) is 6.04 Å². The molecular weight excluding hydrogens is 226 g/mol. The summed E-state index contributed by atoms with van der Waals surface area (Å²) < 4.78 is 0. The highest BCUT2D eigenvalue weighted by molar-refractivity contribution is 5.77. The molecule has 0 aromatic heterocycles. The quantitative estimate of drug-likeness (QED) is 0.826. The molecule has 2 fully saturated rings. The van der Waals surface area contributed by atoms with Gasteiger partial charge in [0.05, 0.1) is 12.5 Å². The van der Waals surface area contributed by atoms with Crippen molar-refractivity contribution in [2.45, 2.75) is 63.5 Å². The van der Waals surface area contributed by atoms with E-state index in [9.17, 15) is 4.79 Å². The highest BCUT2D eigenvalue weighted by Crippen LogP contribution is 2.19. The Labute approximate surface area is 109 Å².